The SMILES string of the molecule is COc1cc(C)ccc1OCC(=O)NCC1(N2CCSCC2)CCCC1. The van der Waals surface area contributed by atoms with E-state index in [4.69, 9.17) is 9.47 Å². The molecule has 1 aromatic carbocycles. The lowest BCUT2D eigenvalue weighted by molar-refractivity contribution is -0.123. The number of nitrogens with one attached hydrogen (secondary N) is 1. The first-order chi connectivity index (χ1) is 12.6. The summed E-state index contributed by atoms with van der Waals surface area (Å²) in [6.07, 6.45) is 4.89. The van der Waals surface area contributed by atoms with Crippen molar-refractivity contribution in [3.8, 4) is 11.5 Å². The zero-order valence-electron chi connectivity index (χ0n) is 15.9. The quantitative estimate of drug-likeness (QED) is 0.791. The van der Waals surface area contributed by atoms with Crippen LogP contribution in [0.5, 0.6) is 11.5 Å². The van der Waals surface area contributed by atoms with E-state index in [0.29, 0.717) is 11.5 Å². The molecule has 1 amide bonds. The number of rotatable bonds is 7. The first-order valence-corrected chi connectivity index (χ1v) is 10.7. The van der Waals surface area contributed by atoms with Crippen LogP contribution in [0.2, 0.25) is 0 Å². The number of methoxy groups -OCH3 is 1. The van der Waals surface area contributed by atoms with Crippen LogP contribution in [0.4, 0.5) is 0 Å². The van der Waals surface area contributed by atoms with Crippen molar-refractivity contribution < 1.29 is 14.3 Å². The molecule has 0 bridgehead atoms. The second-order valence-electron chi connectivity index (χ2n) is 7.25. The topological polar surface area (TPSA) is 50.8 Å². The molecule has 1 heterocycles. The summed E-state index contributed by atoms with van der Waals surface area (Å²) in [6.45, 7) is 5.02. The van der Waals surface area contributed by atoms with Gasteiger partial charge >= 0.3 is 0 Å². The predicted octanol–water partition coefficient (Wildman–Crippen LogP) is 2.86. The Bertz CT molecular complexity index is 611. The summed E-state index contributed by atoms with van der Waals surface area (Å²) >= 11 is 2.03. The van der Waals surface area contributed by atoms with Crippen molar-refractivity contribution in [2.75, 3.05) is 44.9 Å². The molecular weight excluding hydrogens is 348 g/mol. The summed E-state index contributed by atoms with van der Waals surface area (Å²) < 4.78 is 11.0. The van der Waals surface area contributed by atoms with Crippen LogP contribution < -0.4 is 14.8 Å². The van der Waals surface area contributed by atoms with E-state index in [1.807, 2.05) is 36.9 Å². The molecule has 144 valence electrons. The summed E-state index contributed by atoms with van der Waals surface area (Å²) in [5, 5.41) is 3.13. The molecule has 1 saturated carbocycles. The van der Waals surface area contributed by atoms with Crippen LogP contribution >= 0.6 is 11.8 Å². The van der Waals surface area contributed by atoms with Crippen LogP contribution in [0.15, 0.2) is 18.2 Å². The summed E-state index contributed by atoms with van der Waals surface area (Å²) in [6, 6.07) is 5.72. The van der Waals surface area contributed by atoms with Crippen LogP contribution in [-0.2, 0) is 4.79 Å². The van der Waals surface area contributed by atoms with E-state index in [1.165, 1.54) is 37.2 Å². The van der Waals surface area contributed by atoms with Crippen molar-refractivity contribution in [2.24, 2.45) is 0 Å². The Morgan fingerprint density at radius 2 is 1.96 bits per heavy atom. The predicted molar refractivity (Wildman–Crippen MR) is 106 cm³/mol. The van der Waals surface area contributed by atoms with Gasteiger partial charge in [0, 0.05) is 36.7 Å². The standard InChI is InChI=1S/C20H30N2O3S/c1-16-5-6-17(18(13-16)24-2)25-14-19(23)21-15-20(7-3-4-8-20)22-9-11-26-12-10-22/h5-6,13H,3-4,7-12,14-15H2,1-2H3,(H,21,23). The first kappa shape index (κ1) is 19.4. The maximum atomic E-state index is 12.4. The number of thioether (sulfide) groups is 1. The van der Waals surface area contributed by atoms with Gasteiger partial charge in [-0.1, -0.05) is 18.9 Å². The highest BCUT2D eigenvalue weighted by Gasteiger charge is 2.40. The number of nitrogens with zero attached hydrogens (tertiary/aromatic N) is 1. The second kappa shape index (κ2) is 9.00. The second-order valence-corrected chi connectivity index (χ2v) is 8.48. The molecule has 0 atom stereocenters. The molecule has 1 N–H and O–H groups in total. The molecule has 5 nitrogen and oxygen atoms in total. The molecule has 0 spiro atoms. The highest BCUT2D eigenvalue weighted by Crippen LogP contribution is 2.36. The van der Waals surface area contributed by atoms with Crippen molar-refractivity contribution in [1.82, 2.24) is 10.2 Å². The summed E-state index contributed by atoms with van der Waals surface area (Å²) in [7, 11) is 1.61. The Labute approximate surface area is 160 Å². The molecule has 2 fully saturated rings. The summed E-state index contributed by atoms with van der Waals surface area (Å²) in [5.41, 5.74) is 1.25. The zero-order chi connectivity index (χ0) is 18.4. The normalized spacial score (nSPS) is 19.9. The van der Waals surface area contributed by atoms with Crippen molar-refractivity contribution in [1.29, 1.82) is 0 Å². The van der Waals surface area contributed by atoms with E-state index in [1.54, 1.807) is 7.11 Å². The minimum Gasteiger partial charge on any atom is -0.493 e. The Hall–Kier alpha value is -1.40. The Balaban J connectivity index is 1.53. The highest BCUT2D eigenvalue weighted by molar-refractivity contribution is 7.99. The number of amides is 1. The number of carbonyl (C=O) groups is 1. The average Bonchev–Trinajstić information content (AvgIpc) is 3.16. The summed E-state index contributed by atoms with van der Waals surface area (Å²) in [4.78, 5) is 15.0. The fraction of sp³-hybridized carbons (Fsp3) is 0.650. The Morgan fingerprint density at radius 3 is 2.65 bits per heavy atom. The minimum atomic E-state index is -0.0645. The molecular formula is C20H30N2O3S. The molecule has 1 saturated heterocycles. The molecule has 2 aliphatic rings. The number of ether oxygens (including phenoxy) is 2. The number of hydrogen-bond acceptors (Lipinski definition) is 5. The molecule has 3 rings (SSSR count). The van der Waals surface area contributed by atoms with E-state index in [0.717, 1.165) is 25.2 Å². The van der Waals surface area contributed by atoms with Crippen LogP contribution in [0, 0.1) is 6.92 Å². The summed E-state index contributed by atoms with van der Waals surface area (Å²) in [5.74, 6) is 3.61. The van der Waals surface area contributed by atoms with Gasteiger partial charge in [-0.2, -0.15) is 11.8 Å². The smallest absolute Gasteiger partial charge is 0.258 e. The Kier molecular flexibility index (Phi) is 6.70. The van der Waals surface area contributed by atoms with Crippen molar-refractivity contribution in [2.45, 2.75) is 38.1 Å². The number of benzene rings is 1. The van der Waals surface area contributed by atoms with Crippen molar-refractivity contribution in [3.05, 3.63) is 23.8 Å². The maximum absolute atomic E-state index is 12.4. The fourth-order valence-corrected chi connectivity index (χ4v) is 4.93. The van der Waals surface area contributed by atoms with Gasteiger partial charge in [-0.15, -0.1) is 0 Å². The molecule has 26 heavy (non-hydrogen) atoms. The number of aryl methyl sites for hydroxylation is 1. The van der Waals surface area contributed by atoms with E-state index < -0.39 is 0 Å². The molecule has 0 unspecified atom stereocenters. The molecule has 1 aliphatic heterocycles. The lowest BCUT2D eigenvalue weighted by atomic mass is 9.94. The van der Waals surface area contributed by atoms with Crippen LogP contribution in [0.25, 0.3) is 0 Å². The number of hydrogen-bond donors (Lipinski definition) is 1. The average molecular weight is 379 g/mol. The molecule has 6 heteroatoms. The van der Waals surface area contributed by atoms with Crippen LogP contribution in [0.1, 0.15) is 31.2 Å². The van der Waals surface area contributed by atoms with E-state index in [-0.39, 0.29) is 18.1 Å². The lowest BCUT2D eigenvalue weighted by Crippen LogP contribution is -2.56. The van der Waals surface area contributed by atoms with Gasteiger partial charge in [0.2, 0.25) is 0 Å². The van der Waals surface area contributed by atoms with E-state index >= 15 is 0 Å². The van der Waals surface area contributed by atoms with Gasteiger partial charge in [-0.05, 0) is 37.5 Å². The highest BCUT2D eigenvalue weighted by atomic mass is 32.2. The minimum absolute atomic E-state index is 0.0192. The third kappa shape index (κ3) is 4.65. The first-order valence-electron chi connectivity index (χ1n) is 9.50. The zero-order valence-corrected chi connectivity index (χ0v) is 16.7. The van der Waals surface area contributed by atoms with Crippen molar-refractivity contribution >= 4 is 17.7 Å². The van der Waals surface area contributed by atoms with Gasteiger partial charge in [0.15, 0.2) is 18.1 Å². The monoisotopic (exact) mass is 378 g/mol. The largest absolute Gasteiger partial charge is 0.493 e. The molecule has 0 aromatic heterocycles. The van der Waals surface area contributed by atoms with Gasteiger partial charge in [0.25, 0.3) is 5.91 Å². The van der Waals surface area contributed by atoms with Crippen molar-refractivity contribution in [3.63, 3.8) is 0 Å². The van der Waals surface area contributed by atoms with Crippen LogP contribution in [-0.4, -0.2) is 61.2 Å². The van der Waals surface area contributed by atoms with Crippen LogP contribution in [0.3, 0.4) is 0 Å². The Morgan fingerprint density at radius 1 is 1.23 bits per heavy atom. The molecule has 1 aromatic rings. The fourth-order valence-electron chi connectivity index (χ4n) is 4.03. The molecule has 0 radical (unpaired) electrons. The van der Waals surface area contributed by atoms with Gasteiger partial charge in [-0.3, -0.25) is 9.69 Å². The third-order valence-electron chi connectivity index (χ3n) is 5.51. The van der Waals surface area contributed by atoms with E-state index in [2.05, 4.69) is 10.2 Å². The lowest BCUT2D eigenvalue weighted by Gasteiger charge is -2.43. The third-order valence-corrected chi connectivity index (χ3v) is 6.45. The van der Waals surface area contributed by atoms with Gasteiger partial charge in [-0.25, -0.2) is 0 Å². The van der Waals surface area contributed by atoms with Gasteiger partial charge < -0.3 is 14.8 Å². The maximum Gasteiger partial charge on any atom is 0.258 e. The van der Waals surface area contributed by atoms with E-state index in [9.17, 15) is 4.79 Å². The van der Waals surface area contributed by atoms with Gasteiger partial charge in [0.05, 0.1) is 7.11 Å². The van der Waals surface area contributed by atoms with Gasteiger partial charge in [0.1, 0.15) is 0 Å². The number of carbonyl (C=O) groups excluding carboxylic acids is 1. The molecule has 1 aliphatic carbocycles.